The van der Waals surface area contributed by atoms with Crippen molar-refractivity contribution in [3.05, 3.63) is 48.0 Å². The van der Waals surface area contributed by atoms with E-state index in [1.54, 1.807) is 6.08 Å². The molecule has 0 fully saturated rings. The summed E-state index contributed by atoms with van der Waals surface area (Å²) >= 11 is 0. The molecule has 0 aromatic heterocycles. The van der Waals surface area contributed by atoms with E-state index in [1.165, 1.54) is 5.56 Å². The molecule has 0 spiro atoms. The molecule has 1 rings (SSSR count). The molecule has 0 heterocycles. The Labute approximate surface area is 91.2 Å². The SMILES string of the molecule is CC[C@H](O)/C=C\COCc1ccccc1. The van der Waals surface area contributed by atoms with Crippen molar-refractivity contribution < 1.29 is 9.84 Å². The van der Waals surface area contributed by atoms with Crippen LogP contribution in [0.5, 0.6) is 0 Å². The first-order chi connectivity index (χ1) is 7.33. The molecule has 1 N–H and O–H groups in total. The van der Waals surface area contributed by atoms with Gasteiger partial charge in [0.15, 0.2) is 0 Å². The molecule has 2 nitrogen and oxygen atoms in total. The molecule has 0 aliphatic heterocycles. The van der Waals surface area contributed by atoms with Gasteiger partial charge in [-0.25, -0.2) is 0 Å². The summed E-state index contributed by atoms with van der Waals surface area (Å²) in [6, 6.07) is 10.0. The Hall–Kier alpha value is -1.12. The van der Waals surface area contributed by atoms with Crippen LogP contribution < -0.4 is 0 Å². The predicted octanol–water partition coefficient (Wildman–Crippen LogP) is 2.53. The van der Waals surface area contributed by atoms with E-state index in [9.17, 15) is 5.11 Å². The lowest BCUT2D eigenvalue weighted by molar-refractivity contribution is 0.147. The Morgan fingerprint density at radius 3 is 2.73 bits per heavy atom. The first-order valence-corrected chi connectivity index (χ1v) is 5.29. The fraction of sp³-hybridized carbons (Fsp3) is 0.385. The highest BCUT2D eigenvalue weighted by Crippen LogP contribution is 2.00. The number of rotatable bonds is 6. The Morgan fingerprint density at radius 2 is 2.07 bits per heavy atom. The van der Waals surface area contributed by atoms with Crippen molar-refractivity contribution in [1.29, 1.82) is 0 Å². The first kappa shape index (κ1) is 12.0. The Kier molecular flexibility index (Phi) is 5.74. The van der Waals surface area contributed by atoms with Crippen LogP contribution in [0.25, 0.3) is 0 Å². The molecule has 0 bridgehead atoms. The van der Waals surface area contributed by atoms with Crippen LogP contribution in [0.15, 0.2) is 42.5 Å². The van der Waals surface area contributed by atoms with Gasteiger partial charge in [-0.2, -0.15) is 0 Å². The van der Waals surface area contributed by atoms with Crippen LogP contribution in [0.1, 0.15) is 18.9 Å². The molecule has 0 aliphatic carbocycles. The summed E-state index contributed by atoms with van der Waals surface area (Å²) in [6.07, 6.45) is 4.03. The van der Waals surface area contributed by atoms with Crippen molar-refractivity contribution in [3.63, 3.8) is 0 Å². The highest BCUT2D eigenvalue weighted by molar-refractivity contribution is 5.13. The second kappa shape index (κ2) is 7.21. The number of hydrogen-bond donors (Lipinski definition) is 1. The predicted molar refractivity (Wildman–Crippen MR) is 61.5 cm³/mol. The zero-order chi connectivity index (χ0) is 10.9. The van der Waals surface area contributed by atoms with Gasteiger partial charge in [-0.05, 0) is 12.0 Å². The molecular weight excluding hydrogens is 188 g/mol. The zero-order valence-corrected chi connectivity index (χ0v) is 9.10. The summed E-state index contributed by atoms with van der Waals surface area (Å²) in [5.41, 5.74) is 1.17. The monoisotopic (exact) mass is 206 g/mol. The lowest BCUT2D eigenvalue weighted by Gasteiger charge is -2.02. The maximum atomic E-state index is 9.23. The van der Waals surface area contributed by atoms with Gasteiger partial charge in [0.25, 0.3) is 0 Å². The Morgan fingerprint density at radius 1 is 1.33 bits per heavy atom. The zero-order valence-electron chi connectivity index (χ0n) is 9.10. The standard InChI is InChI=1S/C13H18O2/c1-2-13(14)9-6-10-15-11-12-7-4-3-5-8-12/h3-9,13-14H,2,10-11H2,1H3/b9-6-/t13-/m0/s1. The van der Waals surface area contributed by atoms with Gasteiger partial charge in [-0.3, -0.25) is 0 Å². The maximum Gasteiger partial charge on any atom is 0.0721 e. The normalized spacial score (nSPS) is 13.2. The van der Waals surface area contributed by atoms with E-state index in [0.717, 1.165) is 6.42 Å². The molecule has 82 valence electrons. The molecule has 1 aromatic carbocycles. The fourth-order valence-electron chi connectivity index (χ4n) is 1.17. The Bertz CT molecular complexity index is 280. The number of aliphatic hydroxyl groups excluding tert-OH is 1. The van der Waals surface area contributed by atoms with E-state index in [1.807, 2.05) is 43.3 Å². The van der Waals surface area contributed by atoms with Crippen LogP contribution >= 0.6 is 0 Å². The number of aliphatic hydroxyl groups is 1. The second-order valence-corrected chi connectivity index (χ2v) is 3.40. The number of benzene rings is 1. The minimum Gasteiger partial charge on any atom is -0.389 e. The third kappa shape index (κ3) is 5.35. The van der Waals surface area contributed by atoms with E-state index in [2.05, 4.69) is 0 Å². The second-order valence-electron chi connectivity index (χ2n) is 3.40. The smallest absolute Gasteiger partial charge is 0.0721 e. The van der Waals surface area contributed by atoms with E-state index in [4.69, 9.17) is 4.74 Å². The average molecular weight is 206 g/mol. The lowest BCUT2D eigenvalue weighted by Crippen LogP contribution is -1.99. The van der Waals surface area contributed by atoms with Gasteiger partial charge in [0.2, 0.25) is 0 Å². The van der Waals surface area contributed by atoms with Crippen LogP contribution in [0.4, 0.5) is 0 Å². The maximum absolute atomic E-state index is 9.23. The third-order valence-corrected chi connectivity index (χ3v) is 2.10. The van der Waals surface area contributed by atoms with Crippen LogP contribution in [0, 0.1) is 0 Å². The van der Waals surface area contributed by atoms with Gasteiger partial charge in [0.05, 0.1) is 19.3 Å². The van der Waals surface area contributed by atoms with Crippen molar-refractivity contribution in [2.24, 2.45) is 0 Å². The van der Waals surface area contributed by atoms with Crippen LogP contribution in [-0.4, -0.2) is 17.8 Å². The number of hydrogen-bond acceptors (Lipinski definition) is 2. The van der Waals surface area contributed by atoms with Crippen LogP contribution in [0.3, 0.4) is 0 Å². The minimum atomic E-state index is -0.342. The van der Waals surface area contributed by atoms with E-state index in [-0.39, 0.29) is 6.10 Å². The van der Waals surface area contributed by atoms with Crippen LogP contribution in [-0.2, 0) is 11.3 Å². The summed E-state index contributed by atoms with van der Waals surface area (Å²) < 4.78 is 5.42. The highest BCUT2D eigenvalue weighted by atomic mass is 16.5. The summed E-state index contributed by atoms with van der Waals surface area (Å²) in [5, 5.41) is 9.23. The van der Waals surface area contributed by atoms with E-state index < -0.39 is 0 Å². The van der Waals surface area contributed by atoms with Gasteiger partial charge < -0.3 is 9.84 Å². The van der Waals surface area contributed by atoms with Gasteiger partial charge >= 0.3 is 0 Å². The van der Waals surface area contributed by atoms with Crippen molar-refractivity contribution in [2.45, 2.75) is 26.1 Å². The molecule has 0 unspecified atom stereocenters. The quantitative estimate of drug-likeness (QED) is 0.572. The van der Waals surface area contributed by atoms with Gasteiger partial charge in [0, 0.05) is 0 Å². The molecule has 2 heteroatoms. The largest absolute Gasteiger partial charge is 0.389 e. The average Bonchev–Trinajstić information content (AvgIpc) is 2.29. The highest BCUT2D eigenvalue weighted by Gasteiger charge is 1.92. The fourth-order valence-corrected chi connectivity index (χ4v) is 1.17. The third-order valence-electron chi connectivity index (χ3n) is 2.10. The molecule has 0 radical (unpaired) electrons. The molecule has 0 saturated heterocycles. The Balaban J connectivity index is 2.15. The summed E-state index contributed by atoms with van der Waals surface area (Å²) in [6.45, 7) is 3.11. The molecule has 1 atom stereocenters. The minimum absolute atomic E-state index is 0.342. The van der Waals surface area contributed by atoms with Crippen molar-refractivity contribution in [3.8, 4) is 0 Å². The van der Waals surface area contributed by atoms with E-state index >= 15 is 0 Å². The molecular formula is C13H18O2. The topological polar surface area (TPSA) is 29.5 Å². The molecule has 15 heavy (non-hydrogen) atoms. The van der Waals surface area contributed by atoms with E-state index in [0.29, 0.717) is 13.2 Å². The molecule has 0 aliphatic rings. The molecule has 0 saturated carbocycles. The summed E-state index contributed by atoms with van der Waals surface area (Å²) in [5.74, 6) is 0. The first-order valence-electron chi connectivity index (χ1n) is 5.29. The van der Waals surface area contributed by atoms with Crippen molar-refractivity contribution in [2.75, 3.05) is 6.61 Å². The summed E-state index contributed by atoms with van der Waals surface area (Å²) in [4.78, 5) is 0. The van der Waals surface area contributed by atoms with Crippen molar-refractivity contribution >= 4 is 0 Å². The van der Waals surface area contributed by atoms with Crippen LogP contribution in [0.2, 0.25) is 0 Å². The lowest BCUT2D eigenvalue weighted by atomic mass is 10.2. The van der Waals surface area contributed by atoms with Gasteiger partial charge in [-0.1, -0.05) is 49.4 Å². The molecule has 1 aromatic rings. The molecule has 0 amide bonds. The number of ether oxygens (including phenoxy) is 1. The van der Waals surface area contributed by atoms with Crippen molar-refractivity contribution in [1.82, 2.24) is 0 Å². The van der Waals surface area contributed by atoms with Gasteiger partial charge in [-0.15, -0.1) is 0 Å². The summed E-state index contributed by atoms with van der Waals surface area (Å²) in [7, 11) is 0. The van der Waals surface area contributed by atoms with Gasteiger partial charge in [0.1, 0.15) is 0 Å².